The van der Waals surface area contributed by atoms with E-state index in [1.54, 1.807) is 6.92 Å². The number of ether oxygens (including phenoxy) is 2. The fraction of sp³-hybridized carbons (Fsp3) is 0.600. The number of hydrogen-bond donors (Lipinski definition) is 0. The van der Waals surface area contributed by atoms with Crippen LogP contribution in [0.1, 0.15) is 26.2 Å². The molecule has 4 heteroatoms. The summed E-state index contributed by atoms with van der Waals surface area (Å²) in [5.41, 5.74) is 0. The summed E-state index contributed by atoms with van der Waals surface area (Å²) in [4.78, 5) is 21.6. The Hall–Kier alpha value is -1.32. The molecule has 0 aromatic heterocycles. The van der Waals surface area contributed by atoms with Crippen LogP contribution in [0.15, 0.2) is 12.7 Å². The minimum absolute atomic E-state index is 0.102. The topological polar surface area (TPSA) is 52.6 Å². The molecule has 1 aliphatic rings. The van der Waals surface area contributed by atoms with Crippen LogP contribution in [0.4, 0.5) is 0 Å². The van der Waals surface area contributed by atoms with Gasteiger partial charge in [-0.25, -0.2) is 4.79 Å². The van der Waals surface area contributed by atoms with Gasteiger partial charge in [0, 0.05) is 18.9 Å². The van der Waals surface area contributed by atoms with Gasteiger partial charge < -0.3 is 9.47 Å². The highest BCUT2D eigenvalue weighted by Crippen LogP contribution is 2.19. The molecule has 0 amide bonds. The normalized spacial score (nSPS) is 22.6. The molecule has 0 aromatic carbocycles. The lowest BCUT2D eigenvalue weighted by Gasteiger charge is -2.15. The van der Waals surface area contributed by atoms with Crippen molar-refractivity contribution >= 4 is 11.9 Å². The van der Waals surface area contributed by atoms with E-state index in [1.807, 2.05) is 0 Å². The standard InChI is InChI=1S/C10H14O4/c1-3-9(11)13-7(2)6-8-4-5-10(12)14-8/h3,7-8H,1,4-6H2,2H3. The molecule has 1 saturated heterocycles. The zero-order valence-electron chi connectivity index (χ0n) is 8.19. The van der Waals surface area contributed by atoms with Crippen LogP contribution >= 0.6 is 0 Å². The second-order valence-corrected chi connectivity index (χ2v) is 3.34. The lowest BCUT2D eigenvalue weighted by molar-refractivity contribution is -0.146. The molecular weight excluding hydrogens is 184 g/mol. The van der Waals surface area contributed by atoms with E-state index >= 15 is 0 Å². The predicted octanol–water partition coefficient (Wildman–Crippen LogP) is 1.20. The van der Waals surface area contributed by atoms with Gasteiger partial charge >= 0.3 is 11.9 Å². The summed E-state index contributed by atoms with van der Waals surface area (Å²) in [5, 5.41) is 0. The smallest absolute Gasteiger partial charge is 0.330 e. The SMILES string of the molecule is C=CC(=O)OC(C)CC1CCC(=O)O1. The zero-order valence-corrected chi connectivity index (χ0v) is 8.19. The van der Waals surface area contributed by atoms with Crippen molar-refractivity contribution in [3.63, 3.8) is 0 Å². The van der Waals surface area contributed by atoms with Crippen molar-refractivity contribution < 1.29 is 19.1 Å². The molecule has 2 atom stereocenters. The van der Waals surface area contributed by atoms with E-state index in [0.29, 0.717) is 12.8 Å². The van der Waals surface area contributed by atoms with Crippen LogP contribution < -0.4 is 0 Å². The van der Waals surface area contributed by atoms with Crippen molar-refractivity contribution in [2.45, 2.75) is 38.4 Å². The second-order valence-electron chi connectivity index (χ2n) is 3.34. The molecule has 0 saturated carbocycles. The Balaban J connectivity index is 2.26. The first kappa shape index (κ1) is 10.8. The second kappa shape index (κ2) is 4.79. The van der Waals surface area contributed by atoms with Gasteiger partial charge in [0.1, 0.15) is 12.2 Å². The highest BCUT2D eigenvalue weighted by molar-refractivity contribution is 5.81. The summed E-state index contributed by atoms with van der Waals surface area (Å²) >= 11 is 0. The molecule has 2 unspecified atom stereocenters. The molecule has 0 aromatic rings. The summed E-state index contributed by atoms with van der Waals surface area (Å²) < 4.78 is 9.94. The van der Waals surface area contributed by atoms with Crippen LogP contribution in [0.2, 0.25) is 0 Å². The van der Waals surface area contributed by atoms with Gasteiger partial charge in [0.05, 0.1) is 0 Å². The molecule has 0 spiro atoms. The number of esters is 2. The summed E-state index contributed by atoms with van der Waals surface area (Å²) in [5.74, 6) is -0.612. The van der Waals surface area contributed by atoms with Gasteiger partial charge in [0.25, 0.3) is 0 Å². The number of cyclic esters (lactones) is 1. The van der Waals surface area contributed by atoms with Gasteiger partial charge in [-0.15, -0.1) is 0 Å². The predicted molar refractivity (Wildman–Crippen MR) is 49.5 cm³/mol. The molecule has 0 aliphatic carbocycles. The number of hydrogen-bond acceptors (Lipinski definition) is 4. The van der Waals surface area contributed by atoms with E-state index in [4.69, 9.17) is 9.47 Å². The minimum Gasteiger partial charge on any atom is -0.462 e. The molecule has 1 rings (SSSR count). The first-order chi connectivity index (χ1) is 6.61. The maximum absolute atomic E-state index is 10.8. The summed E-state index contributed by atoms with van der Waals surface area (Å²) in [6.07, 6.45) is 2.52. The van der Waals surface area contributed by atoms with E-state index in [2.05, 4.69) is 6.58 Å². The Morgan fingerprint density at radius 1 is 1.86 bits per heavy atom. The fourth-order valence-electron chi connectivity index (χ4n) is 1.41. The lowest BCUT2D eigenvalue weighted by Crippen LogP contribution is -2.20. The summed E-state index contributed by atoms with van der Waals surface area (Å²) in [7, 11) is 0. The van der Waals surface area contributed by atoms with E-state index in [0.717, 1.165) is 12.5 Å². The number of rotatable bonds is 4. The molecule has 78 valence electrons. The fourth-order valence-corrected chi connectivity index (χ4v) is 1.41. The highest BCUT2D eigenvalue weighted by atomic mass is 16.6. The first-order valence-corrected chi connectivity index (χ1v) is 4.64. The Morgan fingerprint density at radius 3 is 3.07 bits per heavy atom. The first-order valence-electron chi connectivity index (χ1n) is 4.64. The average Bonchev–Trinajstić information content (AvgIpc) is 2.50. The van der Waals surface area contributed by atoms with Crippen LogP contribution in [0.3, 0.4) is 0 Å². The van der Waals surface area contributed by atoms with Crippen molar-refractivity contribution in [3.8, 4) is 0 Å². The summed E-state index contributed by atoms with van der Waals surface area (Å²) in [6.45, 7) is 5.07. The molecular formula is C10H14O4. The maximum Gasteiger partial charge on any atom is 0.330 e. The van der Waals surface area contributed by atoms with Crippen LogP contribution in [0.5, 0.6) is 0 Å². The lowest BCUT2D eigenvalue weighted by atomic mass is 10.1. The Bertz CT molecular complexity index is 247. The van der Waals surface area contributed by atoms with E-state index < -0.39 is 5.97 Å². The molecule has 0 bridgehead atoms. The summed E-state index contributed by atoms with van der Waals surface area (Å²) in [6, 6.07) is 0. The third-order valence-corrected chi connectivity index (χ3v) is 2.05. The van der Waals surface area contributed by atoms with E-state index in [1.165, 1.54) is 0 Å². The number of carbonyl (C=O) groups is 2. The molecule has 0 N–H and O–H groups in total. The maximum atomic E-state index is 10.8. The monoisotopic (exact) mass is 198 g/mol. The Labute approximate surface area is 82.9 Å². The minimum atomic E-state index is -0.443. The molecule has 1 fully saturated rings. The van der Waals surface area contributed by atoms with Gasteiger partial charge in [-0.2, -0.15) is 0 Å². The van der Waals surface area contributed by atoms with Crippen molar-refractivity contribution in [1.29, 1.82) is 0 Å². The molecule has 14 heavy (non-hydrogen) atoms. The molecule has 0 radical (unpaired) electrons. The largest absolute Gasteiger partial charge is 0.462 e. The molecule has 4 nitrogen and oxygen atoms in total. The Morgan fingerprint density at radius 2 is 2.57 bits per heavy atom. The van der Waals surface area contributed by atoms with E-state index in [-0.39, 0.29) is 18.2 Å². The molecule has 1 aliphatic heterocycles. The molecule has 1 heterocycles. The van der Waals surface area contributed by atoms with Crippen molar-refractivity contribution in [2.75, 3.05) is 0 Å². The van der Waals surface area contributed by atoms with Crippen molar-refractivity contribution in [1.82, 2.24) is 0 Å². The quantitative estimate of drug-likeness (QED) is 0.503. The van der Waals surface area contributed by atoms with Gasteiger partial charge in [0.2, 0.25) is 0 Å². The van der Waals surface area contributed by atoms with Gasteiger partial charge in [-0.3, -0.25) is 4.79 Å². The van der Waals surface area contributed by atoms with E-state index in [9.17, 15) is 9.59 Å². The van der Waals surface area contributed by atoms with Crippen molar-refractivity contribution in [3.05, 3.63) is 12.7 Å². The Kier molecular flexibility index (Phi) is 3.68. The third kappa shape index (κ3) is 3.20. The average molecular weight is 198 g/mol. The zero-order chi connectivity index (χ0) is 10.6. The third-order valence-electron chi connectivity index (χ3n) is 2.05. The van der Waals surface area contributed by atoms with Crippen LogP contribution in [0.25, 0.3) is 0 Å². The highest BCUT2D eigenvalue weighted by Gasteiger charge is 2.25. The van der Waals surface area contributed by atoms with Crippen LogP contribution in [-0.2, 0) is 19.1 Å². The van der Waals surface area contributed by atoms with Crippen LogP contribution in [-0.4, -0.2) is 24.1 Å². The van der Waals surface area contributed by atoms with Crippen LogP contribution in [0, 0.1) is 0 Å². The van der Waals surface area contributed by atoms with Gasteiger partial charge in [-0.1, -0.05) is 6.58 Å². The van der Waals surface area contributed by atoms with Gasteiger partial charge in [0.15, 0.2) is 0 Å². The van der Waals surface area contributed by atoms with Gasteiger partial charge in [-0.05, 0) is 13.3 Å². The van der Waals surface area contributed by atoms with Crippen molar-refractivity contribution in [2.24, 2.45) is 0 Å². The number of carbonyl (C=O) groups excluding carboxylic acids is 2.